The molecule has 112 valence electrons. The van der Waals surface area contributed by atoms with Crippen molar-refractivity contribution in [2.75, 3.05) is 13.1 Å². The highest BCUT2D eigenvalue weighted by atomic mass is 16.1. The highest BCUT2D eigenvalue weighted by molar-refractivity contribution is 5.76. The first-order valence-corrected chi connectivity index (χ1v) is 8.33. The van der Waals surface area contributed by atoms with E-state index in [0.717, 1.165) is 25.9 Å². The van der Waals surface area contributed by atoms with E-state index in [1.54, 1.807) is 0 Å². The maximum atomic E-state index is 11.7. The highest BCUT2D eigenvalue weighted by Gasteiger charge is 2.16. The lowest BCUT2D eigenvalue weighted by Crippen LogP contribution is -2.32. The van der Waals surface area contributed by atoms with Crippen LogP contribution in [-0.2, 0) is 4.79 Å². The second-order valence-electron chi connectivity index (χ2n) is 5.82. The van der Waals surface area contributed by atoms with E-state index in [-0.39, 0.29) is 5.91 Å². The Morgan fingerprint density at radius 2 is 1.79 bits per heavy atom. The Morgan fingerprint density at radius 3 is 2.42 bits per heavy atom. The van der Waals surface area contributed by atoms with E-state index < -0.39 is 0 Å². The van der Waals surface area contributed by atoms with Gasteiger partial charge in [0.2, 0.25) is 5.91 Å². The van der Waals surface area contributed by atoms with E-state index in [0.29, 0.717) is 12.5 Å². The molecule has 0 aliphatic carbocycles. The standard InChI is InChI=1S/C16H32N2O/c1-2-3-4-5-6-7-8-9-12-18-16(19)14-15-11-10-13-17-15/h15,17H,2-14H2,1H3,(H,18,19). The van der Waals surface area contributed by atoms with Crippen molar-refractivity contribution in [2.45, 2.75) is 83.6 Å². The number of hydrogen-bond acceptors (Lipinski definition) is 2. The van der Waals surface area contributed by atoms with Crippen molar-refractivity contribution in [3.8, 4) is 0 Å². The van der Waals surface area contributed by atoms with Crippen molar-refractivity contribution in [3.05, 3.63) is 0 Å². The van der Waals surface area contributed by atoms with Crippen LogP contribution in [0.25, 0.3) is 0 Å². The third-order valence-corrected chi connectivity index (χ3v) is 3.95. The number of carbonyl (C=O) groups excluding carboxylic acids is 1. The largest absolute Gasteiger partial charge is 0.356 e. The van der Waals surface area contributed by atoms with Gasteiger partial charge in [0.25, 0.3) is 0 Å². The molecule has 3 nitrogen and oxygen atoms in total. The molecule has 1 amide bonds. The van der Waals surface area contributed by atoms with Crippen molar-refractivity contribution in [2.24, 2.45) is 0 Å². The van der Waals surface area contributed by atoms with Gasteiger partial charge >= 0.3 is 0 Å². The molecule has 0 spiro atoms. The maximum Gasteiger partial charge on any atom is 0.221 e. The molecule has 1 saturated heterocycles. The molecule has 19 heavy (non-hydrogen) atoms. The number of unbranched alkanes of at least 4 members (excludes halogenated alkanes) is 7. The Kier molecular flexibility index (Phi) is 9.78. The number of rotatable bonds is 11. The number of hydrogen-bond donors (Lipinski definition) is 2. The number of nitrogens with one attached hydrogen (secondary N) is 2. The highest BCUT2D eigenvalue weighted by Crippen LogP contribution is 2.09. The van der Waals surface area contributed by atoms with Gasteiger partial charge in [-0.2, -0.15) is 0 Å². The minimum Gasteiger partial charge on any atom is -0.356 e. The molecule has 0 aromatic rings. The number of amides is 1. The molecule has 1 atom stereocenters. The molecular formula is C16H32N2O. The van der Waals surface area contributed by atoms with Crippen LogP contribution in [0.5, 0.6) is 0 Å². The Morgan fingerprint density at radius 1 is 1.11 bits per heavy atom. The normalized spacial score (nSPS) is 18.7. The van der Waals surface area contributed by atoms with E-state index in [4.69, 9.17) is 0 Å². The summed E-state index contributed by atoms with van der Waals surface area (Å²) in [6, 6.07) is 0.429. The summed E-state index contributed by atoms with van der Waals surface area (Å²) in [4.78, 5) is 11.7. The first-order chi connectivity index (χ1) is 9.33. The molecule has 3 heteroatoms. The average Bonchev–Trinajstić information content (AvgIpc) is 2.89. The Labute approximate surface area is 118 Å². The van der Waals surface area contributed by atoms with Crippen molar-refractivity contribution in [3.63, 3.8) is 0 Å². The quantitative estimate of drug-likeness (QED) is 0.564. The Balaban J connectivity index is 1.80. The third kappa shape index (κ3) is 9.04. The zero-order chi connectivity index (χ0) is 13.8. The monoisotopic (exact) mass is 268 g/mol. The van der Waals surface area contributed by atoms with Crippen molar-refractivity contribution in [1.82, 2.24) is 10.6 Å². The predicted molar refractivity (Wildman–Crippen MR) is 81.3 cm³/mol. The molecule has 1 unspecified atom stereocenters. The summed E-state index contributed by atoms with van der Waals surface area (Å²) >= 11 is 0. The van der Waals surface area contributed by atoms with Crippen LogP contribution in [0.1, 0.15) is 77.6 Å². The van der Waals surface area contributed by atoms with Gasteiger partial charge in [-0.25, -0.2) is 0 Å². The summed E-state index contributed by atoms with van der Waals surface area (Å²) in [7, 11) is 0. The van der Waals surface area contributed by atoms with Crippen molar-refractivity contribution < 1.29 is 4.79 Å². The fraction of sp³-hybridized carbons (Fsp3) is 0.938. The van der Waals surface area contributed by atoms with E-state index in [2.05, 4.69) is 17.6 Å². The van der Waals surface area contributed by atoms with Crippen molar-refractivity contribution >= 4 is 5.91 Å². The Hall–Kier alpha value is -0.570. The lowest BCUT2D eigenvalue weighted by molar-refractivity contribution is -0.121. The second kappa shape index (κ2) is 11.3. The summed E-state index contributed by atoms with van der Waals surface area (Å²) in [5, 5.41) is 6.40. The summed E-state index contributed by atoms with van der Waals surface area (Å²) in [6.45, 7) is 4.19. The van der Waals surface area contributed by atoms with Crippen LogP contribution < -0.4 is 10.6 Å². The molecule has 0 saturated carbocycles. The van der Waals surface area contributed by atoms with Gasteiger partial charge in [-0.3, -0.25) is 4.79 Å². The smallest absolute Gasteiger partial charge is 0.221 e. The first kappa shape index (κ1) is 16.5. The van der Waals surface area contributed by atoms with Crippen LogP contribution in [0.3, 0.4) is 0 Å². The van der Waals surface area contributed by atoms with Crippen molar-refractivity contribution in [1.29, 1.82) is 0 Å². The van der Waals surface area contributed by atoms with Gasteiger partial charge in [0.1, 0.15) is 0 Å². The van der Waals surface area contributed by atoms with Gasteiger partial charge < -0.3 is 10.6 Å². The summed E-state index contributed by atoms with van der Waals surface area (Å²) < 4.78 is 0. The zero-order valence-corrected chi connectivity index (χ0v) is 12.7. The van der Waals surface area contributed by atoms with Crippen LogP contribution in [0, 0.1) is 0 Å². The molecule has 0 aromatic carbocycles. The topological polar surface area (TPSA) is 41.1 Å². The van der Waals surface area contributed by atoms with Crippen LogP contribution in [0.4, 0.5) is 0 Å². The van der Waals surface area contributed by atoms with Crippen LogP contribution >= 0.6 is 0 Å². The van der Waals surface area contributed by atoms with E-state index >= 15 is 0 Å². The van der Waals surface area contributed by atoms with Gasteiger partial charge in [0.15, 0.2) is 0 Å². The van der Waals surface area contributed by atoms with Gasteiger partial charge in [-0.15, -0.1) is 0 Å². The fourth-order valence-electron chi connectivity index (χ4n) is 2.71. The maximum absolute atomic E-state index is 11.7. The van der Waals surface area contributed by atoms with Gasteiger partial charge in [-0.05, 0) is 25.8 Å². The minimum atomic E-state index is 0.224. The zero-order valence-electron chi connectivity index (χ0n) is 12.7. The van der Waals surface area contributed by atoms with Gasteiger partial charge in [0, 0.05) is 19.0 Å². The van der Waals surface area contributed by atoms with Gasteiger partial charge in [-0.1, -0.05) is 51.9 Å². The molecule has 0 bridgehead atoms. The minimum absolute atomic E-state index is 0.224. The molecule has 1 fully saturated rings. The average molecular weight is 268 g/mol. The molecule has 0 aromatic heterocycles. The van der Waals surface area contributed by atoms with Gasteiger partial charge in [0.05, 0.1) is 0 Å². The van der Waals surface area contributed by atoms with Crippen LogP contribution in [-0.4, -0.2) is 25.0 Å². The molecular weight excluding hydrogens is 236 g/mol. The second-order valence-corrected chi connectivity index (χ2v) is 5.82. The summed E-state index contributed by atoms with van der Waals surface area (Å²) in [6.07, 6.45) is 13.6. The third-order valence-electron chi connectivity index (χ3n) is 3.95. The van der Waals surface area contributed by atoms with E-state index in [1.165, 1.54) is 51.4 Å². The molecule has 1 heterocycles. The fourth-order valence-corrected chi connectivity index (χ4v) is 2.71. The lowest BCUT2D eigenvalue weighted by Gasteiger charge is -2.10. The Bertz CT molecular complexity index is 225. The lowest BCUT2D eigenvalue weighted by atomic mass is 10.1. The molecule has 1 aliphatic rings. The summed E-state index contributed by atoms with van der Waals surface area (Å²) in [5.41, 5.74) is 0. The molecule has 2 N–H and O–H groups in total. The van der Waals surface area contributed by atoms with Crippen LogP contribution in [0.15, 0.2) is 0 Å². The molecule has 1 aliphatic heterocycles. The van der Waals surface area contributed by atoms with E-state index in [1.807, 2.05) is 0 Å². The number of carbonyl (C=O) groups is 1. The molecule has 0 radical (unpaired) electrons. The first-order valence-electron chi connectivity index (χ1n) is 8.33. The summed E-state index contributed by atoms with van der Waals surface area (Å²) in [5.74, 6) is 0.224. The van der Waals surface area contributed by atoms with E-state index in [9.17, 15) is 4.79 Å². The van der Waals surface area contributed by atoms with Crippen LogP contribution in [0.2, 0.25) is 0 Å². The SMILES string of the molecule is CCCCCCCCCCNC(=O)CC1CCCN1. The predicted octanol–water partition coefficient (Wildman–Crippen LogP) is 3.39. The molecule has 1 rings (SSSR count).